The Morgan fingerprint density at radius 1 is 1.32 bits per heavy atom. The molecule has 6 heteroatoms. The Bertz CT molecular complexity index is 469. The van der Waals surface area contributed by atoms with Gasteiger partial charge in [-0.2, -0.15) is 11.8 Å². The molecule has 1 aromatic carbocycles. The molecule has 1 rings (SSSR count). The molecule has 1 aromatic rings. The van der Waals surface area contributed by atoms with Crippen LogP contribution in [0.15, 0.2) is 23.2 Å². The highest BCUT2D eigenvalue weighted by Gasteiger charge is 2.04. The second kappa shape index (κ2) is 11.3. The van der Waals surface area contributed by atoms with Crippen LogP contribution >= 0.6 is 11.8 Å². The molecule has 0 spiro atoms. The first-order valence-electron chi connectivity index (χ1n) is 7.41. The zero-order valence-corrected chi connectivity index (χ0v) is 14.4. The molecular formula is C16H26FN3OS. The molecule has 0 amide bonds. The number of nitrogens with zero attached hydrogens (tertiary/aromatic N) is 1. The SMILES string of the molecule is CN=C(NCCCCSC)NCc1ccc(F)c(COC)c1. The summed E-state index contributed by atoms with van der Waals surface area (Å²) >= 11 is 1.87. The molecule has 0 saturated carbocycles. The molecule has 0 radical (unpaired) electrons. The summed E-state index contributed by atoms with van der Waals surface area (Å²) in [5.74, 6) is 1.72. The molecule has 0 unspecified atom stereocenters. The van der Waals surface area contributed by atoms with E-state index in [1.54, 1.807) is 20.2 Å². The number of guanidine groups is 1. The largest absolute Gasteiger partial charge is 0.380 e. The van der Waals surface area contributed by atoms with Crippen molar-refractivity contribution in [2.45, 2.75) is 26.0 Å². The van der Waals surface area contributed by atoms with E-state index in [0.29, 0.717) is 12.1 Å². The Morgan fingerprint density at radius 2 is 2.14 bits per heavy atom. The fourth-order valence-corrected chi connectivity index (χ4v) is 2.48. The van der Waals surface area contributed by atoms with Crippen molar-refractivity contribution in [2.75, 3.05) is 32.7 Å². The first-order valence-corrected chi connectivity index (χ1v) is 8.80. The van der Waals surface area contributed by atoms with Gasteiger partial charge in [0.05, 0.1) is 6.61 Å². The van der Waals surface area contributed by atoms with Crippen LogP contribution in [-0.2, 0) is 17.9 Å². The molecule has 4 nitrogen and oxygen atoms in total. The van der Waals surface area contributed by atoms with Gasteiger partial charge in [0.1, 0.15) is 5.82 Å². The van der Waals surface area contributed by atoms with Crippen LogP contribution in [0.2, 0.25) is 0 Å². The standard InChI is InChI=1S/C16H26FN3OS/c1-18-16(19-8-4-5-9-22-3)20-11-13-6-7-15(17)14(10-13)12-21-2/h6-7,10H,4-5,8-9,11-12H2,1-3H3,(H2,18,19,20). The van der Waals surface area contributed by atoms with Gasteiger partial charge in [0.25, 0.3) is 0 Å². The minimum Gasteiger partial charge on any atom is -0.380 e. The summed E-state index contributed by atoms with van der Waals surface area (Å²) in [7, 11) is 3.31. The number of hydrogen-bond acceptors (Lipinski definition) is 3. The molecule has 0 saturated heterocycles. The van der Waals surface area contributed by atoms with Crippen molar-refractivity contribution < 1.29 is 9.13 Å². The van der Waals surface area contributed by atoms with Gasteiger partial charge in [-0.25, -0.2) is 4.39 Å². The number of hydrogen-bond donors (Lipinski definition) is 2. The second-order valence-electron chi connectivity index (χ2n) is 4.91. The monoisotopic (exact) mass is 327 g/mol. The van der Waals surface area contributed by atoms with E-state index >= 15 is 0 Å². The van der Waals surface area contributed by atoms with Crippen molar-refractivity contribution >= 4 is 17.7 Å². The Balaban J connectivity index is 2.41. The number of halogens is 1. The molecule has 2 N–H and O–H groups in total. The number of methoxy groups -OCH3 is 1. The van der Waals surface area contributed by atoms with Gasteiger partial charge in [-0.1, -0.05) is 6.07 Å². The van der Waals surface area contributed by atoms with E-state index in [1.165, 1.54) is 18.2 Å². The maximum absolute atomic E-state index is 13.6. The van der Waals surface area contributed by atoms with Crippen LogP contribution in [0.5, 0.6) is 0 Å². The first-order chi connectivity index (χ1) is 10.7. The third-order valence-electron chi connectivity index (χ3n) is 3.16. The van der Waals surface area contributed by atoms with E-state index in [0.717, 1.165) is 24.5 Å². The zero-order valence-electron chi connectivity index (χ0n) is 13.6. The second-order valence-corrected chi connectivity index (χ2v) is 5.90. The summed E-state index contributed by atoms with van der Waals surface area (Å²) in [6.07, 6.45) is 4.44. The minimum absolute atomic E-state index is 0.234. The Labute approximate surface area is 136 Å². The first kappa shape index (κ1) is 18.8. The average Bonchev–Trinajstić information content (AvgIpc) is 2.53. The fourth-order valence-electron chi connectivity index (χ4n) is 1.99. The Hall–Kier alpha value is -1.27. The fraction of sp³-hybridized carbons (Fsp3) is 0.562. The van der Waals surface area contributed by atoms with Crippen molar-refractivity contribution in [3.05, 3.63) is 35.1 Å². The summed E-state index contributed by atoms with van der Waals surface area (Å²) < 4.78 is 18.5. The lowest BCUT2D eigenvalue weighted by Gasteiger charge is -2.12. The Morgan fingerprint density at radius 3 is 2.82 bits per heavy atom. The average molecular weight is 327 g/mol. The van der Waals surface area contributed by atoms with Crippen LogP contribution in [0.25, 0.3) is 0 Å². The van der Waals surface area contributed by atoms with Crippen molar-refractivity contribution in [1.29, 1.82) is 0 Å². The highest BCUT2D eigenvalue weighted by molar-refractivity contribution is 7.98. The summed E-state index contributed by atoms with van der Waals surface area (Å²) in [6.45, 7) is 1.78. The van der Waals surface area contributed by atoms with Gasteiger partial charge in [-0.05, 0) is 42.5 Å². The van der Waals surface area contributed by atoms with E-state index < -0.39 is 0 Å². The van der Waals surface area contributed by atoms with Crippen molar-refractivity contribution in [3.8, 4) is 0 Å². The number of aliphatic imine (C=N–C) groups is 1. The maximum Gasteiger partial charge on any atom is 0.191 e. The molecule has 22 heavy (non-hydrogen) atoms. The number of nitrogens with one attached hydrogen (secondary N) is 2. The van der Waals surface area contributed by atoms with Gasteiger partial charge in [-0.3, -0.25) is 4.99 Å². The number of unbranched alkanes of at least 4 members (excludes halogenated alkanes) is 1. The van der Waals surface area contributed by atoms with Gasteiger partial charge >= 0.3 is 0 Å². The van der Waals surface area contributed by atoms with E-state index in [1.807, 2.05) is 17.8 Å². The number of thioether (sulfide) groups is 1. The predicted molar refractivity (Wildman–Crippen MR) is 92.9 cm³/mol. The lowest BCUT2D eigenvalue weighted by Crippen LogP contribution is -2.37. The summed E-state index contributed by atoms with van der Waals surface area (Å²) in [5, 5.41) is 6.52. The summed E-state index contributed by atoms with van der Waals surface area (Å²) in [4.78, 5) is 4.19. The molecule has 0 fully saturated rings. The third kappa shape index (κ3) is 7.13. The van der Waals surface area contributed by atoms with Crippen LogP contribution in [0.4, 0.5) is 4.39 Å². The summed E-state index contributed by atoms with van der Waals surface area (Å²) in [6, 6.07) is 5.06. The maximum atomic E-state index is 13.6. The van der Waals surface area contributed by atoms with Crippen molar-refractivity contribution in [3.63, 3.8) is 0 Å². The molecule has 124 valence electrons. The van der Waals surface area contributed by atoms with Crippen molar-refractivity contribution in [2.24, 2.45) is 4.99 Å². The lowest BCUT2D eigenvalue weighted by molar-refractivity contribution is 0.181. The van der Waals surface area contributed by atoms with Crippen LogP contribution in [0, 0.1) is 5.82 Å². The van der Waals surface area contributed by atoms with Gasteiger partial charge in [0, 0.05) is 32.8 Å². The van der Waals surface area contributed by atoms with Crippen LogP contribution in [0.1, 0.15) is 24.0 Å². The van der Waals surface area contributed by atoms with E-state index in [-0.39, 0.29) is 12.4 Å². The number of rotatable bonds is 9. The summed E-state index contributed by atoms with van der Waals surface area (Å²) in [5.41, 5.74) is 1.57. The predicted octanol–water partition coefficient (Wildman–Crippen LogP) is 2.78. The topological polar surface area (TPSA) is 45.7 Å². The minimum atomic E-state index is -0.234. The normalized spacial score (nSPS) is 11.5. The van der Waals surface area contributed by atoms with E-state index in [9.17, 15) is 4.39 Å². The molecule has 0 aliphatic heterocycles. The number of benzene rings is 1. The molecule has 0 aliphatic carbocycles. The molecule has 0 atom stereocenters. The number of ether oxygens (including phenoxy) is 1. The zero-order chi connectivity index (χ0) is 16.2. The van der Waals surface area contributed by atoms with Gasteiger partial charge in [0.2, 0.25) is 0 Å². The molecule has 0 bridgehead atoms. The Kier molecular flexibility index (Phi) is 9.66. The van der Waals surface area contributed by atoms with Crippen LogP contribution in [0.3, 0.4) is 0 Å². The van der Waals surface area contributed by atoms with E-state index in [4.69, 9.17) is 4.74 Å². The van der Waals surface area contributed by atoms with Crippen LogP contribution in [-0.4, -0.2) is 38.7 Å². The smallest absolute Gasteiger partial charge is 0.191 e. The van der Waals surface area contributed by atoms with Gasteiger partial charge in [-0.15, -0.1) is 0 Å². The molecule has 0 aromatic heterocycles. The third-order valence-corrected chi connectivity index (χ3v) is 3.86. The quantitative estimate of drug-likeness (QED) is 0.416. The van der Waals surface area contributed by atoms with Gasteiger partial charge in [0.15, 0.2) is 5.96 Å². The highest BCUT2D eigenvalue weighted by atomic mass is 32.2. The van der Waals surface area contributed by atoms with E-state index in [2.05, 4.69) is 21.9 Å². The highest BCUT2D eigenvalue weighted by Crippen LogP contribution is 2.11. The molecule has 0 aliphatic rings. The molecular weight excluding hydrogens is 301 g/mol. The van der Waals surface area contributed by atoms with Crippen molar-refractivity contribution in [1.82, 2.24) is 10.6 Å². The van der Waals surface area contributed by atoms with Gasteiger partial charge < -0.3 is 15.4 Å². The van der Waals surface area contributed by atoms with Crippen LogP contribution < -0.4 is 10.6 Å². The lowest BCUT2D eigenvalue weighted by atomic mass is 10.1. The molecule has 0 heterocycles.